The molecular formula is C28H44N4O6. The van der Waals surface area contributed by atoms with E-state index in [1.54, 1.807) is 48.5 Å². The second-order valence-electron chi connectivity index (χ2n) is 9.63. The van der Waals surface area contributed by atoms with E-state index in [1.165, 1.54) is 0 Å². The maximum atomic E-state index is 10.7. The summed E-state index contributed by atoms with van der Waals surface area (Å²) >= 11 is 0. The molecule has 2 rings (SSSR count). The first-order valence-electron chi connectivity index (χ1n) is 12.8. The molecule has 0 aliphatic heterocycles. The third-order valence-corrected chi connectivity index (χ3v) is 5.01. The Labute approximate surface area is 225 Å². The number of primary amides is 2. The number of hydrogen-bond donors (Lipinski definition) is 6. The zero-order valence-corrected chi connectivity index (χ0v) is 22.9. The van der Waals surface area contributed by atoms with Gasteiger partial charge in [0.05, 0.1) is 12.8 Å². The number of benzene rings is 2. The van der Waals surface area contributed by atoms with Crippen LogP contribution in [-0.2, 0) is 22.4 Å². The molecule has 0 fully saturated rings. The van der Waals surface area contributed by atoms with Gasteiger partial charge in [0, 0.05) is 25.2 Å². The number of rotatable bonds is 16. The van der Waals surface area contributed by atoms with Crippen molar-refractivity contribution in [2.75, 3.05) is 26.3 Å². The molecular weight excluding hydrogens is 488 g/mol. The van der Waals surface area contributed by atoms with Crippen molar-refractivity contribution >= 4 is 11.8 Å². The fraction of sp³-hybridized carbons (Fsp3) is 0.500. The number of amides is 2. The third kappa shape index (κ3) is 16.5. The monoisotopic (exact) mass is 532 g/mol. The van der Waals surface area contributed by atoms with Gasteiger partial charge >= 0.3 is 0 Å². The molecule has 2 aromatic rings. The molecule has 0 heterocycles. The molecule has 212 valence electrons. The molecule has 8 N–H and O–H groups in total. The SMILES string of the molecule is CC(C)NC[C@H](O)COc1ccc(CC(N)=O)cc1.CC(C)NC[C@H](O)COc1ccc(CC(N)=O)cc1. The van der Waals surface area contributed by atoms with Crippen molar-refractivity contribution in [3.05, 3.63) is 59.7 Å². The summed E-state index contributed by atoms with van der Waals surface area (Å²) in [6.45, 7) is 9.53. The van der Waals surface area contributed by atoms with Gasteiger partial charge < -0.3 is 41.8 Å². The van der Waals surface area contributed by atoms with E-state index in [4.69, 9.17) is 20.9 Å². The topological polar surface area (TPSA) is 169 Å². The lowest BCUT2D eigenvalue weighted by molar-refractivity contribution is -0.118. The van der Waals surface area contributed by atoms with E-state index in [2.05, 4.69) is 10.6 Å². The number of hydrogen-bond acceptors (Lipinski definition) is 8. The van der Waals surface area contributed by atoms with Crippen LogP contribution in [0.3, 0.4) is 0 Å². The highest BCUT2D eigenvalue weighted by molar-refractivity contribution is 5.77. The van der Waals surface area contributed by atoms with Crippen molar-refractivity contribution in [1.29, 1.82) is 0 Å². The summed E-state index contributed by atoms with van der Waals surface area (Å²) in [6, 6.07) is 14.9. The average molecular weight is 533 g/mol. The second-order valence-corrected chi connectivity index (χ2v) is 9.63. The van der Waals surface area contributed by atoms with Crippen LogP contribution in [-0.4, -0.2) is 72.6 Å². The van der Waals surface area contributed by atoms with Crippen LogP contribution < -0.4 is 31.6 Å². The van der Waals surface area contributed by atoms with Crippen molar-refractivity contribution in [2.24, 2.45) is 11.5 Å². The molecule has 0 aliphatic carbocycles. The highest BCUT2D eigenvalue weighted by atomic mass is 16.5. The molecule has 2 amide bonds. The predicted molar refractivity (Wildman–Crippen MR) is 148 cm³/mol. The molecule has 2 atom stereocenters. The summed E-state index contributed by atoms with van der Waals surface area (Å²) in [6.07, 6.45) is -0.650. The molecule has 10 nitrogen and oxygen atoms in total. The van der Waals surface area contributed by atoms with Crippen molar-refractivity contribution < 1.29 is 29.3 Å². The van der Waals surface area contributed by atoms with E-state index in [-0.39, 0.29) is 37.9 Å². The van der Waals surface area contributed by atoms with E-state index >= 15 is 0 Å². The molecule has 0 aromatic heterocycles. The third-order valence-electron chi connectivity index (χ3n) is 5.01. The van der Waals surface area contributed by atoms with Crippen LogP contribution in [0.1, 0.15) is 38.8 Å². The summed E-state index contributed by atoms with van der Waals surface area (Å²) in [5.41, 5.74) is 11.9. The minimum atomic E-state index is -0.548. The van der Waals surface area contributed by atoms with Crippen LogP contribution >= 0.6 is 0 Å². The van der Waals surface area contributed by atoms with Gasteiger partial charge in [-0.15, -0.1) is 0 Å². The first kappa shape index (κ1) is 32.8. The Morgan fingerprint density at radius 3 is 1.26 bits per heavy atom. The number of ether oxygens (including phenoxy) is 2. The van der Waals surface area contributed by atoms with Crippen LogP contribution in [0.5, 0.6) is 11.5 Å². The Morgan fingerprint density at radius 1 is 0.684 bits per heavy atom. The molecule has 2 aromatic carbocycles. The van der Waals surface area contributed by atoms with Gasteiger partial charge in [-0.25, -0.2) is 0 Å². The highest BCUT2D eigenvalue weighted by Crippen LogP contribution is 2.13. The molecule has 0 bridgehead atoms. The molecule has 0 spiro atoms. The standard InChI is InChI=1S/2C14H22N2O3/c2*1-10(2)16-8-12(17)9-19-13-5-3-11(4-6-13)7-14(15)18/h2*3-6,10,12,16-17H,7-9H2,1-2H3,(H2,15,18)/t2*12-/m00/s1. The zero-order valence-electron chi connectivity index (χ0n) is 22.9. The van der Waals surface area contributed by atoms with E-state index < -0.39 is 12.2 Å². The number of aliphatic hydroxyl groups excluding tert-OH is 2. The maximum absolute atomic E-state index is 10.7. The second kappa shape index (κ2) is 18.1. The van der Waals surface area contributed by atoms with E-state index in [0.29, 0.717) is 36.7 Å². The minimum Gasteiger partial charge on any atom is -0.491 e. The van der Waals surface area contributed by atoms with Crippen LogP contribution in [0.15, 0.2) is 48.5 Å². The number of nitrogens with two attached hydrogens (primary N) is 2. The van der Waals surface area contributed by atoms with Gasteiger partial charge in [-0.1, -0.05) is 52.0 Å². The lowest BCUT2D eigenvalue weighted by atomic mass is 10.1. The van der Waals surface area contributed by atoms with Gasteiger partial charge in [-0.3, -0.25) is 9.59 Å². The molecule has 0 saturated carbocycles. The Bertz CT molecular complexity index is 858. The van der Waals surface area contributed by atoms with Crippen molar-refractivity contribution in [2.45, 2.75) is 64.8 Å². The number of carbonyl (C=O) groups excluding carboxylic acids is 2. The fourth-order valence-electron chi connectivity index (χ4n) is 3.06. The summed E-state index contributed by atoms with van der Waals surface area (Å²) in [5, 5.41) is 25.6. The van der Waals surface area contributed by atoms with E-state index in [0.717, 1.165) is 11.1 Å². The normalized spacial score (nSPS) is 12.4. The molecule has 0 saturated heterocycles. The first-order chi connectivity index (χ1) is 17.9. The number of nitrogens with one attached hydrogen (secondary N) is 2. The van der Waals surface area contributed by atoms with Gasteiger partial charge in [-0.2, -0.15) is 0 Å². The highest BCUT2D eigenvalue weighted by Gasteiger charge is 2.07. The Morgan fingerprint density at radius 2 is 1.00 bits per heavy atom. The average Bonchev–Trinajstić information content (AvgIpc) is 2.85. The minimum absolute atomic E-state index is 0.223. The maximum Gasteiger partial charge on any atom is 0.221 e. The smallest absolute Gasteiger partial charge is 0.221 e. The predicted octanol–water partition coefficient (Wildman–Crippen LogP) is 0.904. The molecule has 0 radical (unpaired) electrons. The van der Waals surface area contributed by atoms with E-state index in [1.807, 2.05) is 27.7 Å². The largest absolute Gasteiger partial charge is 0.491 e. The van der Waals surface area contributed by atoms with Crippen molar-refractivity contribution in [1.82, 2.24) is 10.6 Å². The van der Waals surface area contributed by atoms with Gasteiger partial charge in [0.2, 0.25) is 11.8 Å². The van der Waals surface area contributed by atoms with Crippen LogP contribution in [0.25, 0.3) is 0 Å². The summed E-state index contributed by atoms with van der Waals surface area (Å²) in [5.74, 6) is 0.612. The molecule has 0 unspecified atom stereocenters. The van der Waals surface area contributed by atoms with Gasteiger partial charge in [0.15, 0.2) is 0 Å². The Kier molecular flexibility index (Phi) is 15.7. The van der Waals surface area contributed by atoms with Crippen LogP contribution in [0.2, 0.25) is 0 Å². The van der Waals surface area contributed by atoms with Crippen LogP contribution in [0, 0.1) is 0 Å². The summed E-state index contributed by atoms with van der Waals surface area (Å²) in [7, 11) is 0. The quantitative estimate of drug-likeness (QED) is 0.185. The number of carbonyl (C=O) groups is 2. The first-order valence-corrected chi connectivity index (χ1v) is 12.8. The van der Waals surface area contributed by atoms with Gasteiger partial charge in [0.25, 0.3) is 0 Å². The lowest BCUT2D eigenvalue weighted by Crippen LogP contribution is -2.35. The van der Waals surface area contributed by atoms with Crippen LogP contribution in [0.4, 0.5) is 0 Å². The van der Waals surface area contributed by atoms with Gasteiger partial charge in [0.1, 0.15) is 36.9 Å². The van der Waals surface area contributed by atoms with Gasteiger partial charge in [-0.05, 0) is 35.4 Å². The van der Waals surface area contributed by atoms with Crippen molar-refractivity contribution in [3.63, 3.8) is 0 Å². The van der Waals surface area contributed by atoms with Crippen molar-refractivity contribution in [3.8, 4) is 11.5 Å². The molecule has 0 aliphatic rings. The molecule has 10 heteroatoms. The number of aliphatic hydroxyl groups is 2. The Balaban J connectivity index is 0.000000380. The zero-order chi connectivity index (χ0) is 28.5. The lowest BCUT2D eigenvalue weighted by Gasteiger charge is -2.15. The summed E-state index contributed by atoms with van der Waals surface area (Å²) < 4.78 is 10.9. The molecule has 38 heavy (non-hydrogen) atoms. The fourth-order valence-corrected chi connectivity index (χ4v) is 3.06. The summed E-state index contributed by atoms with van der Waals surface area (Å²) in [4.78, 5) is 21.5. The van der Waals surface area contributed by atoms with E-state index in [9.17, 15) is 19.8 Å². The Hall–Kier alpha value is -3.18.